The third kappa shape index (κ3) is 3.55. The standard InChI is InChI=1S/C20H29N3S/c1-14-12-20(21-19-7-6-17(24-5)13-18(14)19)23-10-8-16(9-11-23)15(2)22(3)4/h6-7,12-13,15-16H,8-11H2,1-5H3/t15-/m0/s1. The summed E-state index contributed by atoms with van der Waals surface area (Å²) in [6.07, 6.45) is 4.63. The number of aromatic nitrogens is 1. The Morgan fingerprint density at radius 2 is 1.92 bits per heavy atom. The zero-order valence-electron chi connectivity index (χ0n) is 15.5. The van der Waals surface area contributed by atoms with Gasteiger partial charge in [0.25, 0.3) is 0 Å². The van der Waals surface area contributed by atoms with Gasteiger partial charge >= 0.3 is 0 Å². The van der Waals surface area contributed by atoms with Crippen molar-refractivity contribution in [2.24, 2.45) is 5.92 Å². The van der Waals surface area contributed by atoms with E-state index in [1.165, 1.54) is 28.7 Å². The topological polar surface area (TPSA) is 19.4 Å². The Balaban J connectivity index is 1.79. The average molecular weight is 344 g/mol. The van der Waals surface area contributed by atoms with Gasteiger partial charge in [0, 0.05) is 29.4 Å². The lowest BCUT2D eigenvalue weighted by molar-refractivity contribution is 0.199. The van der Waals surface area contributed by atoms with Crippen LogP contribution in [0.5, 0.6) is 0 Å². The Kier molecular flexibility index (Phi) is 5.36. The molecule has 1 aliphatic heterocycles. The first-order valence-electron chi connectivity index (χ1n) is 8.86. The monoisotopic (exact) mass is 343 g/mol. The maximum Gasteiger partial charge on any atom is 0.129 e. The van der Waals surface area contributed by atoms with Gasteiger partial charge < -0.3 is 9.80 Å². The number of benzene rings is 1. The second-order valence-corrected chi connectivity index (χ2v) is 8.09. The number of anilines is 1. The molecule has 0 radical (unpaired) electrons. The van der Waals surface area contributed by atoms with Crippen LogP contribution in [0.2, 0.25) is 0 Å². The summed E-state index contributed by atoms with van der Waals surface area (Å²) in [6.45, 7) is 6.79. The lowest BCUT2D eigenvalue weighted by atomic mass is 9.89. The van der Waals surface area contributed by atoms with Crippen LogP contribution in [0.4, 0.5) is 5.82 Å². The molecule has 0 spiro atoms. The first-order valence-corrected chi connectivity index (χ1v) is 10.1. The lowest BCUT2D eigenvalue weighted by Crippen LogP contribution is -2.41. The van der Waals surface area contributed by atoms with E-state index in [1.54, 1.807) is 11.8 Å². The van der Waals surface area contributed by atoms with Crippen LogP contribution in [-0.4, -0.2) is 49.4 Å². The summed E-state index contributed by atoms with van der Waals surface area (Å²) in [4.78, 5) is 11.1. The molecular weight excluding hydrogens is 314 g/mol. The van der Waals surface area contributed by atoms with Crippen LogP contribution in [0.1, 0.15) is 25.3 Å². The van der Waals surface area contributed by atoms with Gasteiger partial charge in [-0.05, 0) is 82.8 Å². The SMILES string of the molecule is CSc1ccc2nc(N3CCC([C@H](C)N(C)C)CC3)cc(C)c2c1. The molecule has 4 heteroatoms. The molecule has 1 atom stereocenters. The van der Waals surface area contributed by atoms with Crippen LogP contribution >= 0.6 is 11.8 Å². The summed E-state index contributed by atoms with van der Waals surface area (Å²) in [5, 5.41) is 1.28. The van der Waals surface area contributed by atoms with Gasteiger partial charge in [-0.25, -0.2) is 4.98 Å². The van der Waals surface area contributed by atoms with Crippen LogP contribution in [0.15, 0.2) is 29.2 Å². The fourth-order valence-electron chi connectivity index (χ4n) is 3.68. The van der Waals surface area contributed by atoms with E-state index in [-0.39, 0.29) is 0 Å². The van der Waals surface area contributed by atoms with E-state index in [0.29, 0.717) is 6.04 Å². The van der Waals surface area contributed by atoms with Crippen molar-refractivity contribution in [3.8, 4) is 0 Å². The van der Waals surface area contributed by atoms with Gasteiger partial charge in [0.05, 0.1) is 5.52 Å². The molecule has 1 fully saturated rings. The molecule has 3 rings (SSSR count). The van der Waals surface area contributed by atoms with Gasteiger partial charge in [0.15, 0.2) is 0 Å². The fraction of sp³-hybridized carbons (Fsp3) is 0.550. The number of pyridine rings is 1. The van der Waals surface area contributed by atoms with Gasteiger partial charge in [-0.2, -0.15) is 0 Å². The molecule has 1 aromatic carbocycles. The Bertz CT molecular complexity index is 705. The molecule has 0 aliphatic carbocycles. The molecule has 0 saturated carbocycles. The summed E-state index contributed by atoms with van der Waals surface area (Å²) < 4.78 is 0. The van der Waals surface area contributed by atoms with Crippen molar-refractivity contribution >= 4 is 28.5 Å². The van der Waals surface area contributed by atoms with Gasteiger partial charge in [-0.1, -0.05) is 0 Å². The lowest BCUT2D eigenvalue weighted by Gasteiger charge is -2.37. The molecule has 3 nitrogen and oxygen atoms in total. The number of hydrogen-bond acceptors (Lipinski definition) is 4. The number of rotatable bonds is 4. The van der Waals surface area contributed by atoms with Crippen molar-refractivity contribution in [1.29, 1.82) is 0 Å². The normalized spacial score (nSPS) is 17.7. The summed E-state index contributed by atoms with van der Waals surface area (Å²) >= 11 is 1.79. The predicted octanol–water partition coefficient (Wildman–Crippen LogP) is 4.43. The van der Waals surface area contributed by atoms with E-state index in [1.807, 2.05) is 0 Å². The van der Waals surface area contributed by atoms with Crippen molar-refractivity contribution in [1.82, 2.24) is 9.88 Å². The van der Waals surface area contributed by atoms with Gasteiger partial charge in [-0.15, -0.1) is 11.8 Å². The second-order valence-electron chi connectivity index (χ2n) is 7.21. The Morgan fingerprint density at radius 3 is 2.54 bits per heavy atom. The maximum absolute atomic E-state index is 4.95. The molecule has 0 bridgehead atoms. The zero-order valence-corrected chi connectivity index (χ0v) is 16.4. The number of thioether (sulfide) groups is 1. The van der Waals surface area contributed by atoms with Crippen LogP contribution in [0.3, 0.4) is 0 Å². The fourth-order valence-corrected chi connectivity index (χ4v) is 4.12. The molecule has 0 amide bonds. The largest absolute Gasteiger partial charge is 0.357 e. The molecule has 130 valence electrons. The molecule has 1 aliphatic rings. The second kappa shape index (κ2) is 7.32. The van der Waals surface area contributed by atoms with Gasteiger partial charge in [0.1, 0.15) is 5.82 Å². The Hall–Kier alpha value is -1.26. The number of nitrogens with zero attached hydrogens (tertiary/aromatic N) is 3. The third-order valence-corrected chi connectivity index (χ3v) is 6.29. The van der Waals surface area contributed by atoms with E-state index in [2.05, 4.69) is 68.3 Å². The van der Waals surface area contributed by atoms with Crippen molar-refractivity contribution in [2.75, 3.05) is 38.3 Å². The number of fused-ring (bicyclic) bond motifs is 1. The number of aryl methyl sites for hydroxylation is 1. The van der Waals surface area contributed by atoms with Crippen molar-refractivity contribution in [2.45, 2.75) is 37.6 Å². The van der Waals surface area contributed by atoms with Crippen molar-refractivity contribution < 1.29 is 0 Å². The van der Waals surface area contributed by atoms with E-state index in [0.717, 1.165) is 30.3 Å². The van der Waals surface area contributed by atoms with Gasteiger partial charge in [-0.3, -0.25) is 0 Å². The minimum atomic E-state index is 0.656. The smallest absolute Gasteiger partial charge is 0.129 e. The number of hydrogen-bond donors (Lipinski definition) is 0. The molecule has 1 aromatic heterocycles. The summed E-state index contributed by atoms with van der Waals surface area (Å²) in [6, 6.07) is 9.52. The summed E-state index contributed by atoms with van der Waals surface area (Å²) in [5.74, 6) is 1.94. The van der Waals surface area contributed by atoms with Crippen LogP contribution in [0, 0.1) is 12.8 Å². The van der Waals surface area contributed by atoms with Gasteiger partial charge in [0.2, 0.25) is 0 Å². The van der Waals surface area contributed by atoms with Crippen molar-refractivity contribution in [3.05, 3.63) is 29.8 Å². The molecule has 2 heterocycles. The molecule has 1 saturated heterocycles. The first kappa shape index (κ1) is 17.6. The quantitative estimate of drug-likeness (QED) is 0.765. The van der Waals surface area contributed by atoms with E-state index >= 15 is 0 Å². The maximum atomic E-state index is 4.95. The minimum absolute atomic E-state index is 0.656. The molecule has 0 unspecified atom stereocenters. The highest BCUT2D eigenvalue weighted by atomic mass is 32.2. The number of piperidine rings is 1. The van der Waals surface area contributed by atoms with Crippen LogP contribution < -0.4 is 4.90 Å². The van der Waals surface area contributed by atoms with E-state index in [9.17, 15) is 0 Å². The average Bonchev–Trinajstić information content (AvgIpc) is 2.60. The molecule has 2 aromatic rings. The molecule has 0 N–H and O–H groups in total. The summed E-state index contributed by atoms with van der Waals surface area (Å²) in [7, 11) is 4.38. The Labute approximate surface area is 150 Å². The minimum Gasteiger partial charge on any atom is -0.357 e. The highest BCUT2D eigenvalue weighted by Crippen LogP contribution is 2.30. The summed E-state index contributed by atoms with van der Waals surface area (Å²) in [5.41, 5.74) is 2.45. The highest BCUT2D eigenvalue weighted by molar-refractivity contribution is 7.98. The van der Waals surface area contributed by atoms with Crippen LogP contribution in [0.25, 0.3) is 10.9 Å². The molecule has 24 heavy (non-hydrogen) atoms. The predicted molar refractivity (Wildman–Crippen MR) is 106 cm³/mol. The third-order valence-electron chi connectivity index (χ3n) is 5.57. The van der Waals surface area contributed by atoms with Crippen molar-refractivity contribution in [3.63, 3.8) is 0 Å². The molecular formula is C20H29N3S. The van der Waals surface area contributed by atoms with Crippen LogP contribution in [-0.2, 0) is 0 Å². The highest BCUT2D eigenvalue weighted by Gasteiger charge is 2.25. The zero-order chi connectivity index (χ0) is 17.3. The Morgan fingerprint density at radius 1 is 1.21 bits per heavy atom. The first-order chi connectivity index (χ1) is 11.5. The van der Waals surface area contributed by atoms with E-state index < -0.39 is 0 Å². The van der Waals surface area contributed by atoms with E-state index in [4.69, 9.17) is 4.98 Å².